The third kappa shape index (κ3) is 4.88. The van der Waals surface area contributed by atoms with Crippen LogP contribution < -0.4 is 0 Å². The van der Waals surface area contributed by atoms with Crippen molar-refractivity contribution in [2.45, 2.75) is 0 Å². The molecular weight excluding hydrogens is 727 g/mol. The van der Waals surface area contributed by atoms with Crippen LogP contribution in [0, 0.1) is 0 Å². The van der Waals surface area contributed by atoms with E-state index < -0.39 is 0 Å². The molecule has 0 spiro atoms. The Labute approximate surface area is 345 Å². The summed E-state index contributed by atoms with van der Waals surface area (Å²) in [6, 6.07) is 77.8. The number of rotatable bonds is 4. The molecule has 0 atom stereocenters. The smallest absolute Gasteiger partial charge is 0.143 e. The Morgan fingerprint density at radius 2 is 0.850 bits per heavy atom. The van der Waals surface area contributed by atoms with E-state index in [-0.39, 0.29) is 0 Å². The molecule has 0 amide bonds. The first-order valence-electron chi connectivity index (χ1n) is 20.7. The molecule has 0 aliphatic heterocycles. The van der Waals surface area contributed by atoms with Gasteiger partial charge >= 0.3 is 0 Å². The lowest BCUT2D eigenvalue weighted by molar-refractivity contribution is 0.670. The second-order valence-electron chi connectivity index (χ2n) is 16.0. The number of para-hydroxylation sites is 3. The van der Waals surface area contributed by atoms with Gasteiger partial charge in [0.15, 0.2) is 0 Å². The second-order valence-corrected chi connectivity index (χ2v) is 16.0. The van der Waals surface area contributed by atoms with E-state index in [9.17, 15) is 0 Å². The predicted molar refractivity (Wildman–Crippen MR) is 254 cm³/mol. The summed E-state index contributed by atoms with van der Waals surface area (Å²) in [5.74, 6) is 0. The average Bonchev–Trinajstić information content (AvgIpc) is 3.86. The average molecular weight is 762 g/mol. The van der Waals surface area contributed by atoms with Crippen LogP contribution in [0.3, 0.4) is 0 Å². The third-order valence-corrected chi connectivity index (χ3v) is 12.7. The maximum Gasteiger partial charge on any atom is 0.143 e. The molecule has 2 heterocycles. The molecule has 0 radical (unpaired) electrons. The van der Waals surface area contributed by atoms with Crippen molar-refractivity contribution in [3.63, 3.8) is 0 Å². The van der Waals surface area contributed by atoms with Crippen LogP contribution in [0.15, 0.2) is 217 Å². The SMILES string of the molecule is c1ccc2cc(-c3c4ccccc4c(-c4ccc5ccccc5c4)c4cc(-n5c6ccccc6c6cc(-c7cccc8c7oc7ccccc78)ccc65)ccc34)ccc2c1. The van der Waals surface area contributed by atoms with E-state index in [1.54, 1.807) is 0 Å². The minimum absolute atomic E-state index is 0.911. The van der Waals surface area contributed by atoms with Gasteiger partial charge in [-0.25, -0.2) is 0 Å². The van der Waals surface area contributed by atoms with E-state index in [0.29, 0.717) is 0 Å². The fourth-order valence-electron chi connectivity index (χ4n) is 10.0. The Hall–Kier alpha value is -7.94. The van der Waals surface area contributed by atoms with Crippen LogP contribution in [-0.2, 0) is 0 Å². The lowest BCUT2D eigenvalue weighted by atomic mass is 9.85. The highest BCUT2D eigenvalue weighted by Gasteiger charge is 2.21. The third-order valence-electron chi connectivity index (χ3n) is 12.7. The van der Waals surface area contributed by atoms with E-state index >= 15 is 0 Å². The predicted octanol–water partition coefficient (Wildman–Crippen LogP) is 16.3. The van der Waals surface area contributed by atoms with Gasteiger partial charge in [-0.2, -0.15) is 0 Å². The van der Waals surface area contributed by atoms with Crippen molar-refractivity contribution in [2.24, 2.45) is 0 Å². The van der Waals surface area contributed by atoms with Crippen LogP contribution in [0.5, 0.6) is 0 Å². The Morgan fingerprint density at radius 3 is 1.58 bits per heavy atom. The summed E-state index contributed by atoms with van der Waals surface area (Å²) >= 11 is 0. The molecule has 0 aliphatic carbocycles. The number of hydrogen-bond acceptors (Lipinski definition) is 1. The van der Waals surface area contributed by atoms with Gasteiger partial charge in [-0.15, -0.1) is 0 Å². The number of hydrogen-bond donors (Lipinski definition) is 0. The molecule has 0 aliphatic rings. The highest BCUT2D eigenvalue weighted by Crippen LogP contribution is 2.46. The highest BCUT2D eigenvalue weighted by atomic mass is 16.3. The van der Waals surface area contributed by atoms with Gasteiger partial charge in [0.1, 0.15) is 11.2 Å². The molecule has 2 nitrogen and oxygen atoms in total. The minimum Gasteiger partial charge on any atom is -0.455 e. The van der Waals surface area contributed by atoms with Gasteiger partial charge in [-0.1, -0.05) is 164 Å². The van der Waals surface area contributed by atoms with Crippen LogP contribution in [0.4, 0.5) is 0 Å². The highest BCUT2D eigenvalue weighted by molar-refractivity contribution is 6.23. The summed E-state index contributed by atoms with van der Waals surface area (Å²) in [7, 11) is 0. The number of furan rings is 1. The molecule has 11 aromatic carbocycles. The topological polar surface area (TPSA) is 18.1 Å². The van der Waals surface area contributed by atoms with Gasteiger partial charge in [0.05, 0.1) is 11.0 Å². The summed E-state index contributed by atoms with van der Waals surface area (Å²) in [6.45, 7) is 0. The zero-order valence-corrected chi connectivity index (χ0v) is 32.6. The normalized spacial score (nSPS) is 12.0. The molecule has 0 unspecified atom stereocenters. The Balaban J connectivity index is 1.09. The van der Waals surface area contributed by atoms with Gasteiger partial charge in [0.25, 0.3) is 0 Å². The Bertz CT molecular complexity index is 3900. The van der Waals surface area contributed by atoms with Gasteiger partial charge in [-0.3, -0.25) is 0 Å². The quantitative estimate of drug-likeness (QED) is 0.163. The maximum atomic E-state index is 6.51. The van der Waals surface area contributed by atoms with Crippen LogP contribution in [0.1, 0.15) is 0 Å². The standard InChI is InChI=1S/C58H35NO/c1-3-14-38-32-41(26-24-36(38)12-1)56-47-18-5-6-19-48(47)57(42-27-25-37-13-2-4-15-39(37)33-42)52-35-43(29-30-49(52)56)59-53-22-9-7-16-45(53)51-34-40(28-31-54(51)59)44-20-11-21-50-46-17-8-10-23-55(46)60-58(44)50/h1-35H. The van der Waals surface area contributed by atoms with E-state index in [2.05, 4.69) is 211 Å². The van der Waals surface area contributed by atoms with Gasteiger partial charge in [0, 0.05) is 32.8 Å². The van der Waals surface area contributed by atoms with E-state index in [4.69, 9.17) is 4.42 Å². The molecule has 13 rings (SSSR count). The maximum absolute atomic E-state index is 6.51. The second kappa shape index (κ2) is 12.8. The summed E-state index contributed by atoms with van der Waals surface area (Å²) in [5.41, 5.74) is 12.5. The first kappa shape index (κ1) is 33.1. The lowest BCUT2D eigenvalue weighted by Crippen LogP contribution is -1.96. The number of fused-ring (bicyclic) bond motifs is 10. The summed E-state index contributed by atoms with van der Waals surface area (Å²) < 4.78 is 8.96. The van der Waals surface area contributed by atoms with Crippen LogP contribution in [0.2, 0.25) is 0 Å². The molecule has 2 heteroatoms. The summed E-state index contributed by atoms with van der Waals surface area (Å²) in [5, 5.41) is 14.6. The molecule has 0 bridgehead atoms. The zero-order valence-electron chi connectivity index (χ0n) is 32.6. The molecule has 13 aromatic rings. The fourth-order valence-corrected chi connectivity index (χ4v) is 10.0. The summed E-state index contributed by atoms with van der Waals surface area (Å²) in [4.78, 5) is 0. The monoisotopic (exact) mass is 761 g/mol. The van der Waals surface area contributed by atoms with Crippen LogP contribution in [-0.4, -0.2) is 4.57 Å². The number of nitrogens with zero attached hydrogens (tertiary/aromatic N) is 1. The molecule has 278 valence electrons. The molecule has 0 saturated carbocycles. The molecule has 60 heavy (non-hydrogen) atoms. The van der Waals surface area contributed by atoms with Gasteiger partial charge < -0.3 is 8.98 Å². The summed E-state index contributed by atoms with van der Waals surface area (Å²) in [6.07, 6.45) is 0. The Morgan fingerprint density at radius 1 is 0.300 bits per heavy atom. The number of aromatic nitrogens is 1. The van der Waals surface area contributed by atoms with Crippen molar-refractivity contribution in [2.75, 3.05) is 0 Å². The fraction of sp³-hybridized carbons (Fsp3) is 0. The van der Waals surface area contributed by atoms with Crippen molar-refractivity contribution in [3.05, 3.63) is 212 Å². The largest absolute Gasteiger partial charge is 0.455 e. The first-order valence-corrected chi connectivity index (χ1v) is 20.7. The van der Waals surface area contributed by atoms with Crippen molar-refractivity contribution in [1.82, 2.24) is 4.57 Å². The molecule has 0 fully saturated rings. The lowest BCUT2D eigenvalue weighted by Gasteiger charge is -2.20. The minimum atomic E-state index is 0.911. The molecule has 0 saturated heterocycles. The van der Waals surface area contributed by atoms with E-state index in [1.807, 2.05) is 6.07 Å². The van der Waals surface area contributed by atoms with Gasteiger partial charge in [0.2, 0.25) is 0 Å². The van der Waals surface area contributed by atoms with Crippen molar-refractivity contribution in [1.29, 1.82) is 0 Å². The first-order chi connectivity index (χ1) is 29.7. The molecular formula is C58H35NO. The molecule has 2 aromatic heterocycles. The van der Waals surface area contributed by atoms with Crippen molar-refractivity contribution < 1.29 is 4.42 Å². The van der Waals surface area contributed by atoms with E-state index in [0.717, 1.165) is 38.8 Å². The number of benzene rings is 11. The van der Waals surface area contributed by atoms with Crippen LogP contribution >= 0.6 is 0 Å². The van der Waals surface area contributed by atoms with Crippen molar-refractivity contribution in [3.8, 4) is 39.1 Å². The van der Waals surface area contributed by atoms with E-state index in [1.165, 1.54) is 87.1 Å². The zero-order chi connectivity index (χ0) is 39.3. The van der Waals surface area contributed by atoms with Gasteiger partial charge in [-0.05, 0) is 119 Å². The Kier molecular flexibility index (Phi) is 7.05. The van der Waals surface area contributed by atoms with Crippen molar-refractivity contribution >= 4 is 86.8 Å². The molecule has 0 N–H and O–H groups in total. The van der Waals surface area contributed by atoms with Crippen LogP contribution in [0.25, 0.3) is 126 Å².